The molecule has 1 aromatic rings. The molecule has 0 spiro atoms. The maximum absolute atomic E-state index is 13.5. The van der Waals surface area contributed by atoms with Gasteiger partial charge in [0, 0.05) is 19.6 Å². The minimum atomic E-state index is -0.620. The van der Waals surface area contributed by atoms with E-state index < -0.39 is 6.04 Å². The topological polar surface area (TPSA) is 61.4 Å². The average molecular weight is 347 g/mol. The van der Waals surface area contributed by atoms with E-state index in [0.717, 1.165) is 0 Å². The van der Waals surface area contributed by atoms with Gasteiger partial charge in [0.15, 0.2) is 0 Å². The summed E-state index contributed by atoms with van der Waals surface area (Å²) < 4.78 is 13.5. The zero-order valence-corrected chi connectivity index (χ0v) is 14.5. The summed E-state index contributed by atoms with van der Waals surface area (Å²) in [5.74, 6) is -0.0578. The Morgan fingerprint density at radius 3 is 2.84 bits per heavy atom. The lowest BCUT2D eigenvalue weighted by Crippen LogP contribution is -2.52. The Morgan fingerprint density at radius 2 is 2.08 bits per heavy atom. The molecule has 1 aliphatic carbocycles. The Kier molecular flexibility index (Phi) is 6.02. The second-order valence-corrected chi connectivity index (χ2v) is 7.03. The lowest BCUT2D eigenvalue weighted by Gasteiger charge is -2.34. The van der Waals surface area contributed by atoms with Gasteiger partial charge in [-0.05, 0) is 36.5 Å². The van der Waals surface area contributed by atoms with Crippen LogP contribution in [0.4, 0.5) is 4.39 Å². The molecule has 0 radical (unpaired) electrons. The number of carbonyl (C=O) groups is 2. The first kappa shape index (κ1) is 17.9. The third kappa shape index (κ3) is 4.78. The Morgan fingerprint density at radius 1 is 1.28 bits per heavy atom. The van der Waals surface area contributed by atoms with Crippen molar-refractivity contribution in [2.75, 3.05) is 26.2 Å². The van der Waals surface area contributed by atoms with Crippen LogP contribution >= 0.6 is 0 Å². The molecular weight excluding hydrogens is 321 g/mol. The van der Waals surface area contributed by atoms with E-state index in [4.69, 9.17) is 0 Å². The van der Waals surface area contributed by atoms with E-state index >= 15 is 0 Å². The van der Waals surface area contributed by atoms with E-state index in [0.29, 0.717) is 31.1 Å². The SMILES string of the molecule is O=C(CN1CCNC(=O)C1c1cccc(F)c1)NCC1CCCCC1. The van der Waals surface area contributed by atoms with Crippen LogP contribution in [0.3, 0.4) is 0 Å². The van der Waals surface area contributed by atoms with Crippen molar-refractivity contribution in [2.24, 2.45) is 5.92 Å². The Bertz CT molecular complexity index is 616. The first-order valence-corrected chi connectivity index (χ1v) is 9.17. The molecule has 1 saturated carbocycles. The lowest BCUT2D eigenvalue weighted by atomic mass is 9.89. The molecule has 1 unspecified atom stereocenters. The minimum absolute atomic E-state index is 0.0679. The summed E-state index contributed by atoms with van der Waals surface area (Å²) in [6.45, 7) is 1.94. The molecule has 2 amide bonds. The highest BCUT2D eigenvalue weighted by atomic mass is 19.1. The standard InChI is InChI=1S/C19H26FN3O2/c20-16-8-4-7-15(11-16)18-19(25)21-9-10-23(18)13-17(24)22-12-14-5-2-1-3-6-14/h4,7-8,11,14,18H,1-3,5-6,9-10,12-13H2,(H,21,25)(H,22,24). The molecule has 25 heavy (non-hydrogen) atoms. The second kappa shape index (κ2) is 8.43. The van der Waals surface area contributed by atoms with Crippen LogP contribution < -0.4 is 10.6 Å². The zero-order chi connectivity index (χ0) is 17.6. The maximum atomic E-state index is 13.5. The van der Waals surface area contributed by atoms with Crippen LogP contribution in [0.25, 0.3) is 0 Å². The summed E-state index contributed by atoms with van der Waals surface area (Å²) >= 11 is 0. The number of piperazine rings is 1. The number of nitrogens with one attached hydrogen (secondary N) is 2. The number of rotatable bonds is 5. The predicted octanol–water partition coefficient (Wildman–Crippen LogP) is 2.00. The Balaban J connectivity index is 1.60. The van der Waals surface area contributed by atoms with Crippen LogP contribution in [0.1, 0.15) is 43.7 Å². The first-order valence-electron chi connectivity index (χ1n) is 9.17. The lowest BCUT2D eigenvalue weighted by molar-refractivity contribution is -0.131. The van der Waals surface area contributed by atoms with E-state index in [-0.39, 0.29) is 24.2 Å². The van der Waals surface area contributed by atoms with Crippen molar-refractivity contribution in [1.29, 1.82) is 0 Å². The smallest absolute Gasteiger partial charge is 0.242 e. The first-order chi connectivity index (χ1) is 12.1. The minimum Gasteiger partial charge on any atom is -0.355 e. The van der Waals surface area contributed by atoms with Crippen molar-refractivity contribution in [3.05, 3.63) is 35.6 Å². The van der Waals surface area contributed by atoms with Crippen molar-refractivity contribution < 1.29 is 14.0 Å². The fourth-order valence-electron chi connectivity index (χ4n) is 3.81. The van der Waals surface area contributed by atoms with E-state index in [2.05, 4.69) is 10.6 Å². The van der Waals surface area contributed by atoms with Gasteiger partial charge in [0.2, 0.25) is 11.8 Å². The van der Waals surface area contributed by atoms with Crippen molar-refractivity contribution in [3.8, 4) is 0 Å². The third-order valence-electron chi connectivity index (χ3n) is 5.14. The quantitative estimate of drug-likeness (QED) is 0.856. The molecule has 1 saturated heterocycles. The zero-order valence-electron chi connectivity index (χ0n) is 14.5. The number of hydrogen-bond acceptors (Lipinski definition) is 3. The van der Waals surface area contributed by atoms with E-state index in [1.54, 1.807) is 12.1 Å². The highest BCUT2D eigenvalue weighted by molar-refractivity contribution is 5.85. The average Bonchev–Trinajstić information content (AvgIpc) is 2.61. The summed E-state index contributed by atoms with van der Waals surface area (Å²) in [7, 11) is 0. The molecule has 1 aliphatic heterocycles. The summed E-state index contributed by atoms with van der Waals surface area (Å²) in [5, 5.41) is 5.81. The number of amides is 2. The van der Waals surface area contributed by atoms with Crippen molar-refractivity contribution in [1.82, 2.24) is 15.5 Å². The Labute approximate surface area is 148 Å². The highest BCUT2D eigenvalue weighted by Crippen LogP contribution is 2.24. The number of halogens is 1. The molecule has 2 aliphatic rings. The van der Waals surface area contributed by atoms with Crippen LogP contribution in [-0.4, -0.2) is 42.9 Å². The van der Waals surface area contributed by atoms with Crippen LogP contribution in [0.2, 0.25) is 0 Å². The van der Waals surface area contributed by atoms with Crippen LogP contribution in [0.5, 0.6) is 0 Å². The summed E-state index contributed by atoms with van der Waals surface area (Å²) in [6, 6.07) is 5.41. The van der Waals surface area contributed by atoms with Gasteiger partial charge in [-0.3, -0.25) is 14.5 Å². The summed E-state index contributed by atoms with van der Waals surface area (Å²) in [6.07, 6.45) is 6.14. The van der Waals surface area contributed by atoms with Crippen molar-refractivity contribution in [3.63, 3.8) is 0 Å². The number of hydrogen-bond donors (Lipinski definition) is 2. The summed E-state index contributed by atoms with van der Waals surface area (Å²) in [4.78, 5) is 26.5. The van der Waals surface area contributed by atoms with Gasteiger partial charge in [0.1, 0.15) is 11.9 Å². The van der Waals surface area contributed by atoms with E-state index in [9.17, 15) is 14.0 Å². The van der Waals surface area contributed by atoms with Gasteiger partial charge in [-0.25, -0.2) is 4.39 Å². The van der Waals surface area contributed by atoms with E-state index in [1.807, 2.05) is 4.90 Å². The van der Waals surface area contributed by atoms with E-state index in [1.165, 1.54) is 44.2 Å². The van der Waals surface area contributed by atoms with Gasteiger partial charge < -0.3 is 10.6 Å². The maximum Gasteiger partial charge on any atom is 0.242 e. The van der Waals surface area contributed by atoms with Crippen LogP contribution in [0, 0.1) is 11.7 Å². The van der Waals surface area contributed by atoms with Gasteiger partial charge in [0.05, 0.1) is 6.54 Å². The molecule has 1 aromatic carbocycles. The Hall–Kier alpha value is -1.95. The molecule has 1 atom stereocenters. The molecule has 0 aromatic heterocycles. The number of nitrogens with zero attached hydrogens (tertiary/aromatic N) is 1. The predicted molar refractivity (Wildman–Crippen MR) is 93.3 cm³/mol. The normalized spacial score (nSPS) is 22.4. The fourth-order valence-corrected chi connectivity index (χ4v) is 3.81. The van der Waals surface area contributed by atoms with Gasteiger partial charge >= 0.3 is 0 Å². The van der Waals surface area contributed by atoms with Gasteiger partial charge in [-0.15, -0.1) is 0 Å². The highest BCUT2D eigenvalue weighted by Gasteiger charge is 2.32. The molecule has 2 N–H and O–H groups in total. The molecule has 1 heterocycles. The van der Waals surface area contributed by atoms with Crippen LogP contribution in [0.15, 0.2) is 24.3 Å². The molecular formula is C19H26FN3O2. The largest absolute Gasteiger partial charge is 0.355 e. The van der Waals surface area contributed by atoms with Gasteiger partial charge in [-0.2, -0.15) is 0 Å². The molecule has 6 heteroatoms. The van der Waals surface area contributed by atoms with Gasteiger partial charge in [-0.1, -0.05) is 31.4 Å². The monoisotopic (exact) mass is 347 g/mol. The number of benzene rings is 1. The molecule has 2 fully saturated rings. The van der Waals surface area contributed by atoms with Gasteiger partial charge in [0.25, 0.3) is 0 Å². The molecule has 5 nitrogen and oxygen atoms in total. The van der Waals surface area contributed by atoms with Crippen molar-refractivity contribution in [2.45, 2.75) is 38.1 Å². The molecule has 3 rings (SSSR count). The third-order valence-corrected chi connectivity index (χ3v) is 5.14. The second-order valence-electron chi connectivity index (χ2n) is 7.03. The molecule has 136 valence electrons. The van der Waals surface area contributed by atoms with Crippen LogP contribution in [-0.2, 0) is 9.59 Å². The van der Waals surface area contributed by atoms with Crippen molar-refractivity contribution >= 4 is 11.8 Å². The fraction of sp³-hybridized carbons (Fsp3) is 0.579. The number of carbonyl (C=O) groups excluding carboxylic acids is 2. The molecule has 0 bridgehead atoms. The summed E-state index contributed by atoms with van der Waals surface area (Å²) in [5.41, 5.74) is 0.581.